The summed E-state index contributed by atoms with van der Waals surface area (Å²) >= 11 is 0. The van der Waals surface area contributed by atoms with E-state index in [1.807, 2.05) is 26.0 Å². The second kappa shape index (κ2) is 8.85. The van der Waals surface area contributed by atoms with Crippen LogP contribution in [0.2, 0.25) is 0 Å². The van der Waals surface area contributed by atoms with E-state index in [2.05, 4.69) is 32.2 Å². The van der Waals surface area contributed by atoms with Gasteiger partial charge < -0.3 is 15.1 Å². The molecule has 3 aromatic rings. The SMILES string of the molecule is CC(C)c1c(C(=O)Nc2ccc(N3CCN(C)CC3)nc2)cnn1-c1ccc(F)cc1. The van der Waals surface area contributed by atoms with Gasteiger partial charge in [-0.05, 0) is 49.4 Å². The molecule has 1 aliphatic heterocycles. The number of carbonyl (C=O) groups excluding carboxylic acids is 1. The van der Waals surface area contributed by atoms with Crippen molar-refractivity contribution >= 4 is 17.4 Å². The molecular formula is C23H27FN6O. The van der Waals surface area contributed by atoms with Gasteiger partial charge >= 0.3 is 0 Å². The maximum Gasteiger partial charge on any atom is 0.259 e. The second-order valence-electron chi connectivity index (χ2n) is 8.14. The van der Waals surface area contributed by atoms with Crippen molar-refractivity contribution in [1.29, 1.82) is 0 Å². The highest BCUT2D eigenvalue weighted by atomic mass is 19.1. The van der Waals surface area contributed by atoms with Crippen molar-refractivity contribution in [2.45, 2.75) is 19.8 Å². The van der Waals surface area contributed by atoms with Crippen molar-refractivity contribution < 1.29 is 9.18 Å². The zero-order chi connectivity index (χ0) is 22.0. The lowest BCUT2D eigenvalue weighted by Gasteiger charge is -2.33. The molecule has 0 saturated carbocycles. The number of anilines is 2. The van der Waals surface area contributed by atoms with Crippen LogP contribution >= 0.6 is 0 Å². The fourth-order valence-corrected chi connectivity index (χ4v) is 3.76. The number of likely N-dealkylation sites (N-methyl/N-ethyl adjacent to an activating group) is 1. The first-order valence-electron chi connectivity index (χ1n) is 10.5. The van der Waals surface area contributed by atoms with Crippen LogP contribution < -0.4 is 10.2 Å². The number of pyridine rings is 1. The van der Waals surface area contributed by atoms with Gasteiger partial charge in [-0.1, -0.05) is 13.8 Å². The lowest BCUT2D eigenvalue weighted by atomic mass is 10.0. The van der Waals surface area contributed by atoms with Gasteiger partial charge in [0, 0.05) is 26.2 Å². The lowest BCUT2D eigenvalue weighted by Crippen LogP contribution is -2.44. The average molecular weight is 423 g/mol. The minimum absolute atomic E-state index is 0.0473. The third kappa shape index (κ3) is 4.59. The van der Waals surface area contributed by atoms with Gasteiger partial charge in [-0.15, -0.1) is 0 Å². The average Bonchev–Trinajstić information content (AvgIpc) is 3.21. The largest absolute Gasteiger partial charge is 0.354 e. The summed E-state index contributed by atoms with van der Waals surface area (Å²) < 4.78 is 15.0. The molecule has 0 unspecified atom stereocenters. The van der Waals surface area contributed by atoms with E-state index in [1.165, 1.54) is 12.1 Å². The molecule has 1 aliphatic rings. The predicted octanol–water partition coefficient (Wildman–Crippen LogP) is 3.53. The highest BCUT2D eigenvalue weighted by Crippen LogP contribution is 2.24. The number of rotatable bonds is 5. The summed E-state index contributed by atoms with van der Waals surface area (Å²) in [4.78, 5) is 22.1. The first-order valence-corrected chi connectivity index (χ1v) is 10.5. The van der Waals surface area contributed by atoms with Crippen molar-refractivity contribution in [2.24, 2.45) is 0 Å². The number of nitrogens with one attached hydrogen (secondary N) is 1. The molecule has 1 N–H and O–H groups in total. The molecule has 0 atom stereocenters. The number of piperazine rings is 1. The molecule has 1 amide bonds. The standard InChI is InChI=1S/C23H27FN6O/c1-16(2)22-20(15-26-30(22)19-7-4-17(24)5-8-19)23(31)27-18-6-9-21(25-14-18)29-12-10-28(3)11-13-29/h4-9,14-16H,10-13H2,1-3H3,(H,27,31). The fourth-order valence-electron chi connectivity index (χ4n) is 3.76. The summed E-state index contributed by atoms with van der Waals surface area (Å²) in [5.41, 5.74) is 2.60. The van der Waals surface area contributed by atoms with Gasteiger partial charge in [-0.2, -0.15) is 5.10 Å². The number of hydrogen-bond acceptors (Lipinski definition) is 5. The number of benzene rings is 1. The van der Waals surface area contributed by atoms with Gasteiger partial charge in [0.15, 0.2) is 0 Å². The van der Waals surface area contributed by atoms with Gasteiger partial charge in [0.25, 0.3) is 5.91 Å². The lowest BCUT2D eigenvalue weighted by molar-refractivity contribution is 0.102. The minimum Gasteiger partial charge on any atom is -0.354 e. The summed E-state index contributed by atoms with van der Waals surface area (Å²) in [6.45, 7) is 7.90. The van der Waals surface area contributed by atoms with Crippen molar-refractivity contribution in [2.75, 3.05) is 43.4 Å². The van der Waals surface area contributed by atoms with Gasteiger partial charge in [0.2, 0.25) is 0 Å². The molecular weight excluding hydrogens is 395 g/mol. The molecule has 0 aliphatic carbocycles. The molecule has 0 bridgehead atoms. The fraction of sp³-hybridized carbons (Fsp3) is 0.348. The zero-order valence-electron chi connectivity index (χ0n) is 18.0. The molecule has 2 aromatic heterocycles. The van der Waals surface area contributed by atoms with Crippen LogP contribution in [0.4, 0.5) is 15.9 Å². The van der Waals surface area contributed by atoms with Gasteiger partial charge in [0.1, 0.15) is 11.6 Å². The van der Waals surface area contributed by atoms with Gasteiger partial charge in [-0.25, -0.2) is 14.1 Å². The number of halogens is 1. The van der Waals surface area contributed by atoms with Crippen LogP contribution in [0.5, 0.6) is 0 Å². The summed E-state index contributed by atoms with van der Waals surface area (Å²) in [5, 5.41) is 7.31. The molecule has 1 saturated heterocycles. The summed E-state index contributed by atoms with van der Waals surface area (Å²) in [5.74, 6) is 0.405. The predicted molar refractivity (Wildman–Crippen MR) is 120 cm³/mol. The Hall–Kier alpha value is -3.26. The van der Waals surface area contributed by atoms with E-state index >= 15 is 0 Å². The minimum atomic E-state index is -0.313. The maximum atomic E-state index is 13.3. The molecule has 7 nitrogen and oxygen atoms in total. The summed E-state index contributed by atoms with van der Waals surface area (Å²) in [6, 6.07) is 9.88. The molecule has 4 rings (SSSR count). The summed E-state index contributed by atoms with van der Waals surface area (Å²) in [7, 11) is 2.12. The number of amides is 1. The van der Waals surface area contributed by atoms with Crippen molar-refractivity contribution in [3.05, 3.63) is 65.9 Å². The van der Waals surface area contributed by atoms with E-state index in [-0.39, 0.29) is 17.6 Å². The van der Waals surface area contributed by atoms with Gasteiger partial charge in [0.05, 0.1) is 35.0 Å². The van der Waals surface area contributed by atoms with E-state index in [9.17, 15) is 9.18 Å². The third-order valence-electron chi connectivity index (χ3n) is 5.50. The Morgan fingerprint density at radius 2 is 1.74 bits per heavy atom. The first kappa shape index (κ1) is 21.0. The van der Waals surface area contributed by atoms with Crippen molar-refractivity contribution in [1.82, 2.24) is 19.7 Å². The molecule has 31 heavy (non-hydrogen) atoms. The molecule has 0 spiro atoms. The summed E-state index contributed by atoms with van der Waals surface area (Å²) in [6.07, 6.45) is 3.24. The van der Waals surface area contributed by atoms with Crippen LogP contribution in [0.15, 0.2) is 48.8 Å². The number of hydrogen-bond donors (Lipinski definition) is 1. The van der Waals surface area contributed by atoms with Crippen molar-refractivity contribution in [3.8, 4) is 5.69 Å². The quantitative estimate of drug-likeness (QED) is 0.681. The van der Waals surface area contributed by atoms with Crippen molar-refractivity contribution in [3.63, 3.8) is 0 Å². The number of carbonyl (C=O) groups is 1. The number of aromatic nitrogens is 3. The van der Waals surface area contributed by atoms with Crippen LogP contribution in [0.3, 0.4) is 0 Å². The Kier molecular flexibility index (Phi) is 5.99. The van der Waals surface area contributed by atoms with E-state index < -0.39 is 0 Å². The Morgan fingerprint density at radius 3 is 2.35 bits per heavy atom. The Balaban J connectivity index is 1.51. The monoisotopic (exact) mass is 422 g/mol. The van der Waals surface area contributed by atoms with Crippen LogP contribution in [0.1, 0.15) is 35.8 Å². The van der Waals surface area contributed by atoms with E-state index in [4.69, 9.17) is 0 Å². The van der Waals surface area contributed by atoms with Crippen LogP contribution in [-0.4, -0.2) is 58.8 Å². The van der Waals surface area contributed by atoms with E-state index in [1.54, 1.807) is 29.2 Å². The van der Waals surface area contributed by atoms with E-state index in [0.717, 1.165) is 37.7 Å². The second-order valence-corrected chi connectivity index (χ2v) is 8.14. The Labute approximate surface area is 181 Å². The maximum absolute atomic E-state index is 13.3. The van der Waals surface area contributed by atoms with Crippen LogP contribution in [0, 0.1) is 5.82 Å². The molecule has 1 fully saturated rings. The molecule has 8 heteroatoms. The molecule has 162 valence electrons. The third-order valence-corrected chi connectivity index (χ3v) is 5.50. The van der Waals surface area contributed by atoms with E-state index in [0.29, 0.717) is 16.9 Å². The Bertz CT molecular complexity index is 1040. The smallest absolute Gasteiger partial charge is 0.259 e. The number of nitrogens with zero attached hydrogens (tertiary/aromatic N) is 5. The van der Waals surface area contributed by atoms with Crippen LogP contribution in [0.25, 0.3) is 5.69 Å². The highest BCUT2D eigenvalue weighted by Gasteiger charge is 2.21. The topological polar surface area (TPSA) is 66.3 Å². The molecule has 1 aromatic carbocycles. The normalized spacial score (nSPS) is 14.8. The van der Waals surface area contributed by atoms with Crippen LogP contribution in [-0.2, 0) is 0 Å². The first-order chi connectivity index (χ1) is 14.9. The Morgan fingerprint density at radius 1 is 1.03 bits per heavy atom. The highest BCUT2D eigenvalue weighted by molar-refractivity contribution is 6.05. The molecule has 3 heterocycles. The molecule has 0 radical (unpaired) electrons. The van der Waals surface area contributed by atoms with Gasteiger partial charge in [-0.3, -0.25) is 4.79 Å². The zero-order valence-corrected chi connectivity index (χ0v) is 18.0.